The molecule has 2 rings (SSSR count). The second kappa shape index (κ2) is 3.33. The van der Waals surface area contributed by atoms with Crippen molar-refractivity contribution in [2.45, 2.75) is 5.41 Å². The largest absolute Gasteiger partial charge is 0.329 e. The second-order valence-electron chi connectivity index (χ2n) is 4.14. The van der Waals surface area contributed by atoms with Crippen molar-refractivity contribution in [2.24, 2.45) is 5.73 Å². The predicted octanol–water partition coefficient (Wildman–Crippen LogP) is 0.968. The first kappa shape index (κ1) is 9.62. The number of nitrogens with zero attached hydrogens (tertiary/aromatic N) is 1. The normalized spacial score (nSPS) is 20.5. The molecule has 2 nitrogen and oxygen atoms in total. The van der Waals surface area contributed by atoms with Gasteiger partial charge in [-0.15, -0.1) is 0 Å². The molecule has 0 spiro atoms. The highest BCUT2D eigenvalue weighted by Gasteiger charge is 2.42. The molecule has 0 radical (unpaired) electrons. The van der Waals surface area contributed by atoms with E-state index in [-0.39, 0.29) is 11.2 Å². The van der Waals surface area contributed by atoms with Crippen molar-refractivity contribution >= 4 is 0 Å². The van der Waals surface area contributed by atoms with E-state index >= 15 is 0 Å². The smallest absolute Gasteiger partial charge is 0.127 e. The molecule has 1 aromatic rings. The summed E-state index contributed by atoms with van der Waals surface area (Å²) in [6.45, 7) is 2.22. The van der Waals surface area contributed by atoms with Gasteiger partial charge in [-0.1, -0.05) is 18.2 Å². The van der Waals surface area contributed by atoms with Crippen molar-refractivity contribution in [3.05, 3.63) is 35.6 Å². The van der Waals surface area contributed by atoms with Gasteiger partial charge in [0.15, 0.2) is 0 Å². The minimum Gasteiger partial charge on any atom is -0.329 e. The van der Waals surface area contributed by atoms with Crippen LogP contribution < -0.4 is 5.73 Å². The minimum atomic E-state index is -0.153. The van der Waals surface area contributed by atoms with Crippen LogP contribution in [0.25, 0.3) is 0 Å². The Morgan fingerprint density at radius 2 is 2.07 bits per heavy atom. The van der Waals surface area contributed by atoms with E-state index in [1.54, 1.807) is 6.07 Å². The van der Waals surface area contributed by atoms with E-state index in [9.17, 15) is 4.39 Å². The Kier molecular flexibility index (Phi) is 2.29. The molecule has 1 fully saturated rings. The lowest BCUT2D eigenvalue weighted by Crippen LogP contribution is -2.61. The molecule has 3 heteroatoms. The molecule has 0 saturated carbocycles. The lowest BCUT2D eigenvalue weighted by Gasteiger charge is -2.48. The van der Waals surface area contributed by atoms with E-state index in [1.165, 1.54) is 6.07 Å². The molecule has 0 atom stereocenters. The fourth-order valence-corrected chi connectivity index (χ4v) is 2.29. The SMILES string of the molecule is CN1CC(CN)(c2ccccc2F)C1. The van der Waals surface area contributed by atoms with Gasteiger partial charge in [-0.3, -0.25) is 0 Å². The van der Waals surface area contributed by atoms with Crippen LogP contribution in [0.15, 0.2) is 24.3 Å². The monoisotopic (exact) mass is 194 g/mol. The first-order chi connectivity index (χ1) is 6.68. The summed E-state index contributed by atoms with van der Waals surface area (Å²) in [5, 5.41) is 0. The van der Waals surface area contributed by atoms with Gasteiger partial charge in [0.2, 0.25) is 0 Å². The van der Waals surface area contributed by atoms with Crippen molar-refractivity contribution in [3.63, 3.8) is 0 Å². The Morgan fingerprint density at radius 1 is 1.43 bits per heavy atom. The van der Waals surface area contributed by atoms with Crippen LogP contribution in [0.4, 0.5) is 4.39 Å². The number of benzene rings is 1. The van der Waals surface area contributed by atoms with Crippen molar-refractivity contribution in [2.75, 3.05) is 26.7 Å². The van der Waals surface area contributed by atoms with Crippen LogP contribution in [0, 0.1) is 5.82 Å². The molecule has 1 heterocycles. The van der Waals surface area contributed by atoms with Gasteiger partial charge in [-0.05, 0) is 18.7 Å². The van der Waals surface area contributed by atoms with Gasteiger partial charge < -0.3 is 10.6 Å². The average molecular weight is 194 g/mol. The molecule has 0 bridgehead atoms. The highest BCUT2D eigenvalue weighted by atomic mass is 19.1. The summed E-state index contributed by atoms with van der Waals surface area (Å²) in [4.78, 5) is 2.15. The van der Waals surface area contributed by atoms with Gasteiger partial charge in [0.05, 0.1) is 0 Å². The molecule has 76 valence electrons. The van der Waals surface area contributed by atoms with Crippen LogP contribution in [0.1, 0.15) is 5.56 Å². The van der Waals surface area contributed by atoms with Gasteiger partial charge in [0, 0.05) is 25.0 Å². The van der Waals surface area contributed by atoms with Gasteiger partial charge in [0.25, 0.3) is 0 Å². The summed E-state index contributed by atoms with van der Waals surface area (Å²) >= 11 is 0. The molecule has 0 aromatic heterocycles. The Morgan fingerprint density at radius 3 is 2.57 bits per heavy atom. The summed E-state index contributed by atoms with van der Waals surface area (Å²) < 4.78 is 13.5. The molecule has 1 aromatic carbocycles. The number of hydrogen-bond acceptors (Lipinski definition) is 2. The van der Waals surface area contributed by atoms with Crippen molar-refractivity contribution in [1.82, 2.24) is 4.90 Å². The molecule has 1 aliphatic heterocycles. The first-order valence-corrected chi connectivity index (χ1v) is 4.81. The highest BCUT2D eigenvalue weighted by Crippen LogP contribution is 2.33. The van der Waals surface area contributed by atoms with Gasteiger partial charge in [-0.2, -0.15) is 0 Å². The molecule has 2 N–H and O–H groups in total. The van der Waals surface area contributed by atoms with E-state index in [2.05, 4.69) is 4.90 Å². The Balaban J connectivity index is 2.34. The molecule has 0 amide bonds. The Labute approximate surface area is 83.5 Å². The van der Waals surface area contributed by atoms with Gasteiger partial charge >= 0.3 is 0 Å². The maximum absolute atomic E-state index is 13.5. The zero-order chi connectivity index (χ0) is 10.2. The van der Waals surface area contributed by atoms with Crippen LogP contribution in [0.2, 0.25) is 0 Å². The van der Waals surface area contributed by atoms with Crippen LogP contribution in [0.3, 0.4) is 0 Å². The van der Waals surface area contributed by atoms with Crippen molar-refractivity contribution < 1.29 is 4.39 Å². The third-order valence-corrected chi connectivity index (χ3v) is 2.98. The zero-order valence-corrected chi connectivity index (χ0v) is 8.33. The molecule has 1 saturated heterocycles. The second-order valence-corrected chi connectivity index (χ2v) is 4.14. The number of halogens is 1. The van der Waals surface area contributed by atoms with E-state index in [0.717, 1.165) is 18.7 Å². The fourth-order valence-electron chi connectivity index (χ4n) is 2.29. The van der Waals surface area contributed by atoms with Gasteiger partial charge in [0.1, 0.15) is 5.82 Å². The summed E-state index contributed by atoms with van der Waals surface area (Å²) in [5.41, 5.74) is 6.35. The highest BCUT2D eigenvalue weighted by molar-refractivity contribution is 5.31. The third kappa shape index (κ3) is 1.33. The van der Waals surface area contributed by atoms with E-state index in [1.807, 2.05) is 19.2 Å². The maximum atomic E-state index is 13.5. The van der Waals surface area contributed by atoms with Crippen LogP contribution in [0.5, 0.6) is 0 Å². The molecular weight excluding hydrogens is 179 g/mol. The maximum Gasteiger partial charge on any atom is 0.127 e. The van der Waals surface area contributed by atoms with Crippen LogP contribution >= 0.6 is 0 Å². The number of likely N-dealkylation sites (N-methyl/N-ethyl adjacent to an activating group) is 1. The topological polar surface area (TPSA) is 29.3 Å². The molecule has 14 heavy (non-hydrogen) atoms. The zero-order valence-electron chi connectivity index (χ0n) is 8.33. The standard InChI is InChI=1S/C11H15FN2/c1-14-7-11(6-13,8-14)9-4-2-3-5-10(9)12/h2-5H,6-8,13H2,1H3. The Bertz CT molecular complexity index is 332. The fraction of sp³-hybridized carbons (Fsp3) is 0.455. The molecule has 0 aliphatic carbocycles. The lowest BCUT2D eigenvalue weighted by atomic mass is 9.74. The number of hydrogen-bond donors (Lipinski definition) is 1. The lowest BCUT2D eigenvalue weighted by molar-refractivity contribution is 0.0969. The minimum absolute atomic E-state index is 0.133. The first-order valence-electron chi connectivity index (χ1n) is 4.81. The van der Waals surface area contributed by atoms with Crippen LogP contribution in [-0.4, -0.2) is 31.6 Å². The molecular formula is C11H15FN2. The number of rotatable bonds is 2. The van der Waals surface area contributed by atoms with E-state index in [0.29, 0.717) is 6.54 Å². The van der Waals surface area contributed by atoms with E-state index < -0.39 is 0 Å². The van der Waals surface area contributed by atoms with Crippen molar-refractivity contribution in [1.29, 1.82) is 0 Å². The third-order valence-electron chi connectivity index (χ3n) is 2.98. The van der Waals surface area contributed by atoms with Crippen LogP contribution in [-0.2, 0) is 5.41 Å². The molecule has 1 aliphatic rings. The van der Waals surface area contributed by atoms with Crippen molar-refractivity contribution in [3.8, 4) is 0 Å². The average Bonchev–Trinajstić information content (AvgIpc) is 2.14. The Hall–Kier alpha value is -0.930. The predicted molar refractivity (Wildman–Crippen MR) is 54.6 cm³/mol. The summed E-state index contributed by atoms with van der Waals surface area (Å²) in [6, 6.07) is 6.93. The van der Waals surface area contributed by atoms with Gasteiger partial charge in [-0.25, -0.2) is 4.39 Å². The van der Waals surface area contributed by atoms with E-state index in [4.69, 9.17) is 5.73 Å². The summed E-state index contributed by atoms with van der Waals surface area (Å²) in [5.74, 6) is -0.133. The molecule has 0 unspecified atom stereocenters. The summed E-state index contributed by atoms with van der Waals surface area (Å²) in [6.07, 6.45) is 0. The summed E-state index contributed by atoms with van der Waals surface area (Å²) in [7, 11) is 2.02. The number of nitrogens with two attached hydrogens (primary N) is 1. The number of likely N-dealkylation sites (tertiary alicyclic amines) is 1. The quantitative estimate of drug-likeness (QED) is 0.760.